The monoisotopic (exact) mass is 887 g/mol. The molecule has 0 saturated carbocycles. The molecule has 3 saturated heterocycles. The van der Waals surface area contributed by atoms with E-state index in [1.807, 2.05) is 71.8 Å². The maximum absolute atomic E-state index is 13.6. The molecule has 6 aromatic rings. The van der Waals surface area contributed by atoms with Crippen LogP contribution in [0.1, 0.15) is 67.1 Å². The number of imide groups is 1. The van der Waals surface area contributed by atoms with E-state index in [2.05, 4.69) is 90.4 Å². The van der Waals surface area contributed by atoms with Crippen molar-refractivity contribution >= 4 is 52.4 Å². The van der Waals surface area contributed by atoms with Crippen LogP contribution in [0.5, 0.6) is 0 Å². The number of benzene rings is 4. The van der Waals surface area contributed by atoms with Crippen LogP contribution >= 0.6 is 0 Å². The predicted octanol–water partition coefficient (Wildman–Crippen LogP) is 5.68. The Morgan fingerprint density at radius 1 is 0.776 bits per heavy atom. The van der Waals surface area contributed by atoms with Crippen molar-refractivity contribution in [2.75, 3.05) is 57.3 Å². The number of pyridine rings is 1. The Morgan fingerprint density at radius 3 is 2.34 bits per heavy atom. The minimum Gasteiger partial charge on any atom is -0.368 e. The first kappa shape index (κ1) is 42.1. The van der Waals surface area contributed by atoms with E-state index in [9.17, 15) is 19.2 Å². The zero-order valence-corrected chi connectivity index (χ0v) is 37.1. The normalized spacial score (nSPS) is 19.0. The van der Waals surface area contributed by atoms with Gasteiger partial charge >= 0.3 is 0 Å². The maximum atomic E-state index is 13.6. The molecular weight excluding hydrogens is 839 g/mol. The van der Waals surface area contributed by atoms with E-state index < -0.39 is 6.04 Å². The third-order valence-electron chi connectivity index (χ3n) is 13.8. The zero-order chi connectivity index (χ0) is 45.4. The van der Waals surface area contributed by atoms with Gasteiger partial charge in [0.2, 0.25) is 11.8 Å². The van der Waals surface area contributed by atoms with Crippen molar-refractivity contribution in [3.63, 3.8) is 0 Å². The minimum atomic E-state index is -0.599. The highest BCUT2D eigenvalue weighted by Gasteiger charge is 2.40. The molecule has 4 aromatic carbocycles. The predicted molar refractivity (Wildman–Crippen MR) is 256 cm³/mol. The molecule has 334 valence electrons. The summed E-state index contributed by atoms with van der Waals surface area (Å²) in [5.41, 5.74) is 10.2. The number of amides is 4. The second kappa shape index (κ2) is 18.0. The summed E-state index contributed by atoms with van der Waals surface area (Å²) < 4.78 is 0. The standard InChI is InChI=1S/C54H49N9O4/c64-50-20-19-49(52(65)58-50)63-32-43-29-44(17-18-46(43)54(63)67)62-33-45(34-62)60-26-24-59(25-27-60)22-3-4-36-7-9-37(10-8-36)11-12-38-13-15-39(16-14-38)53(66)61-23-21-41-30-56-51(57-48(41)35-61)42-28-40-5-1-2-6-47(40)55-31-42/h1-2,5-18,28-31,45,49H,19-27,32-35H2,(H,58,64,65)/b12-11+. The van der Waals surface area contributed by atoms with Gasteiger partial charge in [-0.2, -0.15) is 0 Å². The Hall–Kier alpha value is -7.53. The molecule has 1 atom stereocenters. The molecular formula is C54H49N9O4. The van der Waals surface area contributed by atoms with Crippen LogP contribution in [0.15, 0.2) is 109 Å². The van der Waals surface area contributed by atoms with Crippen LogP contribution in [-0.2, 0) is 29.1 Å². The number of piperidine rings is 1. The zero-order valence-electron chi connectivity index (χ0n) is 37.1. The van der Waals surface area contributed by atoms with Gasteiger partial charge in [-0.1, -0.05) is 66.5 Å². The van der Waals surface area contributed by atoms with E-state index in [1.54, 1.807) is 11.1 Å². The number of anilines is 1. The van der Waals surface area contributed by atoms with Gasteiger partial charge in [0.05, 0.1) is 24.3 Å². The van der Waals surface area contributed by atoms with Crippen LogP contribution in [0, 0.1) is 11.8 Å². The second-order valence-corrected chi connectivity index (χ2v) is 18.1. The molecule has 13 heteroatoms. The van der Waals surface area contributed by atoms with Gasteiger partial charge < -0.3 is 14.7 Å². The fourth-order valence-electron chi connectivity index (χ4n) is 9.79. The highest BCUT2D eigenvalue weighted by molar-refractivity contribution is 6.05. The first-order chi connectivity index (χ1) is 32.8. The summed E-state index contributed by atoms with van der Waals surface area (Å²) in [6.07, 6.45) is 9.16. The number of aromatic nitrogens is 3. The molecule has 5 aliphatic rings. The highest BCUT2D eigenvalue weighted by atomic mass is 16.2. The van der Waals surface area contributed by atoms with Gasteiger partial charge in [0.15, 0.2) is 5.82 Å². The molecule has 0 bridgehead atoms. The Balaban J connectivity index is 0.617. The van der Waals surface area contributed by atoms with E-state index in [0.717, 1.165) is 101 Å². The highest BCUT2D eigenvalue weighted by Crippen LogP contribution is 2.33. The summed E-state index contributed by atoms with van der Waals surface area (Å²) in [5, 5.41) is 3.41. The van der Waals surface area contributed by atoms with Gasteiger partial charge in [0.1, 0.15) is 6.04 Å². The molecule has 1 unspecified atom stereocenters. The van der Waals surface area contributed by atoms with E-state index >= 15 is 0 Å². The summed E-state index contributed by atoms with van der Waals surface area (Å²) in [6.45, 7) is 8.06. The fraction of sp³-hybridized carbons (Fsp3) is 0.278. The van der Waals surface area contributed by atoms with Gasteiger partial charge in [-0.25, -0.2) is 9.97 Å². The SMILES string of the molecule is O=C1CCC(N2Cc3cc(N4CC(N5CCN(CC#Cc6ccc(/C=C/c7ccc(C(=O)N8CCc9cnc(-c%10cnc%11ccccc%11c%10)nc9C8)cc7)cc6)CC5)C4)ccc3C2=O)C(=O)N1. The molecule has 5 aliphatic heterocycles. The van der Waals surface area contributed by atoms with Crippen molar-refractivity contribution in [2.24, 2.45) is 0 Å². The van der Waals surface area contributed by atoms with E-state index in [1.165, 1.54) is 0 Å². The number of nitrogens with one attached hydrogen (secondary N) is 1. The Kier molecular flexibility index (Phi) is 11.3. The number of piperazine rings is 1. The maximum Gasteiger partial charge on any atom is 0.255 e. The lowest BCUT2D eigenvalue weighted by Crippen LogP contribution is -2.63. The third kappa shape index (κ3) is 8.81. The molecule has 0 radical (unpaired) electrons. The third-order valence-corrected chi connectivity index (χ3v) is 13.8. The lowest BCUT2D eigenvalue weighted by molar-refractivity contribution is -0.136. The Labute approximate surface area is 389 Å². The minimum absolute atomic E-state index is 0.00740. The summed E-state index contributed by atoms with van der Waals surface area (Å²) in [5.74, 6) is 6.54. The molecule has 1 N–H and O–H groups in total. The van der Waals surface area contributed by atoms with Gasteiger partial charge in [-0.3, -0.25) is 39.3 Å². The molecule has 13 nitrogen and oxygen atoms in total. The Morgan fingerprint density at radius 2 is 1.55 bits per heavy atom. The number of hydrogen-bond donors (Lipinski definition) is 1. The Bertz CT molecular complexity index is 3020. The van der Waals surface area contributed by atoms with Crippen LogP contribution in [0.2, 0.25) is 0 Å². The number of carbonyl (C=O) groups excluding carboxylic acids is 4. The summed E-state index contributed by atoms with van der Waals surface area (Å²) >= 11 is 0. The number of fused-ring (bicyclic) bond motifs is 3. The second-order valence-electron chi connectivity index (χ2n) is 18.1. The lowest BCUT2D eigenvalue weighted by Gasteiger charge is -2.49. The average Bonchev–Trinajstić information content (AvgIpc) is 3.67. The van der Waals surface area contributed by atoms with Gasteiger partial charge in [-0.05, 0) is 89.7 Å². The molecule has 0 aliphatic carbocycles. The van der Waals surface area contributed by atoms with Crippen molar-refractivity contribution in [3.05, 3.63) is 154 Å². The summed E-state index contributed by atoms with van der Waals surface area (Å²) in [6, 6.07) is 32.0. The van der Waals surface area contributed by atoms with Crippen LogP contribution in [0.3, 0.4) is 0 Å². The topological polar surface area (TPSA) is 135 Å². The number of carbonyl (C=O) groups is 4. The van der Waals surface area contributed by atoms with E-state index in [4.69, 9.17) is 4.98 Å². The summed E-state index contributed by atoms with van der Waals surface area (Å²) in [7, 11) is 0. The van der Waals surface area contributed by atoms with Crippen molar-refractivity contribution < 1.29 is 19.2 Å². The largest absolute Gasteiger partial charge is 0.368 e. The smallest absolute Gasteiger partial charge is 0.255 e. The first-order valence-corrected chi connectivity index (χ1v) is 23.1. The number of nitrogens with zero attached hydrogens (tertiary/aromatic N) is 8. The van der Waals surface area contributed by atoms with E-state index in [-0.39, 0.29) is 30.0 Å². The van der Waals surface area contributed by atoms with Gasteiger partial charge in [-0.15, -0.1) is 0 Å². The number of rotatable bonds is 8. The van der Waals surface area contributed by atoms with Crippen molar-refractivity contribution in [3.8, 4) is 23.2 Å². The van der Waals surface area contributed by atoms with Crippen LogP contribution in [-0.4, -0.2) is 123 Å². The molecule has 11 rings (SSSR count). The first-order valence-electron chi connectivity index (χ1n) is 23.1. The fourth-order valence-corrected chi connectivity index (χ4v) is 9.79. The van der Waals surface area contributed by atoms with Crippen LogP contribution < -0.4 is 10.2 Å². The summed E-state index contributed by atoms with van der Waals surface area (Å²) in [4.78, 5) is 75.7. The number of hydrogen-bond acceptors (Lipinski definition) is 10. The van der Waals surface area contributed by atoms with Crippen molar-refractivity contribution in [1.29, 1.82) is 0 Å². The average molecular weight is 888 g/mol. The molecule has 3 fully saturated rings. The number of para-hydroxylation sites is 1. The lowest BCUT2D eigenvalue weighted by atomic mass is 10.0. The van der Waals surface area contributed by atoms with Gasteiger partial charge in [0, 0.05) is 111 Å². The molecule has 0 spiro atoms. The van der Waals surface area contributed by atoms with Crippen molar-refractivity contribution in [1.82, 2.24) is 39.9 Å². The molecule has 2 aromatic heterocycles. The molecule has 67 heavy (non-hydrogen) atoms. The van der Waals surface area contributed by atoms with Gasteiger partial charge in [0.25, 0.3) is 11.8 Å². The quantitative estimate of drug-likeness (QED) is 0.116. The van der Waals surface area contributed by atoms with Crippen LogP contribution in [0.4, 0.5) is 5.69 Å². The molecule has 7 heterocycles. The molecule has 4 amide bonds. The van der Waals surface area contributed by atoms with Crippen molar-refractivity contribution in [2.45, 2.75) is 44.4 Å². The van der Waals surface area contributed by atoms with E-state index in [0.29, 0.717) is 55.5 Å². The van der Waals surface area contributed by atoms with Crippen LogP contribution in [0.25, 0.3) is 34.4 Å².